The molecule has 0 aliphatic heterocycles. The van der Waals surface area contributed by atoms with Gasteiger partial charge in [-0.2, -0.15) is 0 Å². The fraction of sp³-hybridized carbons (Fsp3) is 0.588. The van der Waals surface area contributed by atoms with Crippen LogP contribution in [0.3, 0.4) is 0 Å². The zero-order valence-electron chi connectivity index (χ0n) is 13.1. The van der Waals surface area contributed by atoms with Crippen LogP contribution in [-0.4, -0.2) is 29.5 Å². The molecule has 22 heavy (non-hydrogen) atoms. The lowest BCUT2D eigenvalue weighted by molar-refractivity contribution is -0.134. The van der Waals surface area contributed by atoms with Gasteiger partial charge in [-0.1, -0.05) is 12.1 Å². The molecule has 1 aromatic carbocycles. The summed E-state index contributed by atoms with van der Waals surface area (Å²) in [5.74, 6) is 1.06. The van der Waals surface area contributed by atoms with Gasteiger partial charge in [0.1, 0.15) is 5.75 Å². The molecule has 0 heterocycles. The van der Waals surface area contributed by atoms with E-state index in [0.29, 0.717) is 19.0 Å². The first kappa shape index (κ1) is 17.1. The van der Waals surface area contributed by atoms with Gasteiger partial charge < -0.3 is 15.4 Å². The molecule has 3 rings (SSSR count). The summed E-state index contributed by atoms with van der Waals surface area (Å²) in [5, 5.41) is 0. The third kappa shape index (κ3) is 3.93. The van der Waals surface area contributed by atoms with Crippen LogP contribution in [0.5, 0.6) is 5.75 Å². The molecular formula is C17H25ClN2O2. The van der Waals surface area contributed by atoms with Crippen molar-refractivity contribution in [3.63, 3.8) is 0 Å². The molecule has 2 N–H and O–H groups in total. The van der Waals surface area contributed by atoms with Crippen LogP contribution in [0.1, 0.15) is 44.1 Å². The number of nitrogens with zero attached hydrogens (tertiary/aromatic N) is 1. The molecule has 2 fully saturated rings. The summed E-state index contributed by atoms with van der Waals surface area (Å²) < 4.78 is 5.17. The van der Waals surface area contributed by atoms with Crippen LogP contribution in [0.2, 0.25) is 0 Å². The summed E-state index contributed by atoms with van der Waals surface area (Å²) in [7, 11) is 1.66. The van der Waals surface area contributed by atoms with Crippen molar-refractivity contribution in [1.82, 2.24) is 4.90 Å². The molecule has 4 nitrogen and oxygen atoms in total. The van der Waals surface area contributed by atoms with Crippen LogP contribution in [0.15, 0.2) is 24.3 Å². The van der Waals surface area contributed by atoms with Crippen molar-refractivity contribution in [2.75, 3.05) is 7.11 Å². The van der Waals surface area contributed by atoms with Crippen molar-refractivity contribution in [3.05, 3.63) is 29.8 Å². The lowest BCUT2D eigenvalue weighted by atomic mass is 9.75. The Hall–Kier alpha value is -1.26. The summed E-state index contributed by atoms with van der Waals surface area (Å²) in [6.07, 6.45) is 5.88. The first-order valence-corrected chi connectivity index (χ1v) is 7.81. The van der Waals surface area contributed by atoms with Crippen molar-refractivity contribution in [2.45, 2.75) is 56.7 Å². The van der Waals surface area contributed by atoms with Gasteiger partial charge in [0.2, 0.25) is 5.91 Å². The Bertz CT molecular complexity index is 510. The van der Waals surface area contributed by atoms with Gasteiger partial charge in [-0.05, 0) is 49.8 Å². The molecule has 5 heteroatoms. The van der Waals surface area contributed by atoms with E-state index in [0.717, 1.165) is 43.4 Å². The normalized spacial score (nSPS) is 18.8. The molecule has 0 atom stereocenters. The quantitative estimate of drug-likeness (QED) is 0.875. The number of benzene rings is 1. The van der Waals surface area contributed by atoms with Gasteiger partial charge in [-0.3, -0.25) is 4.79 Å². The van der Waals surface area contributed by atoms with E-state index >= 15 is 0 Å². The smallest absolute Gasteiger partial charge is 0.224 e. The number of nitrogens with two attached hydrogens (primary N) is 1. The second-order valence-corrected chi connectivity index (χ2v) is 6.49. The van der Waals surface area contributed by atoms with Gasteiger partial charge in [-0.25, -0.2) is 0 Å². The highest BCUT2D eigenvalue weighted by Gasteiger charge is 2.39. The van der Waals surface area contributed by atoms with Gasteiger partial charge >= 0.3 is 0 Å². The standard InChI is InChI=1S/C17H24N2O2.ClH/c1-21-15-7-3-13(4-8-15)12-19(14-5-6-14)16(20)11-17(18)9-2-10-17;/h3-4,7-8,14H,2,5-6,9-12,18H2,1H3;1H. The van der Waals surface area contributed by atoms with E-state index < -0.39 is 0 Å². The van der Waals surface area contributed by atoms with Crippen molar-refractivity contribution in [1.29, 1.82) is 0 Å². The topological polar surface area (TPSA) is 55.6 Å². The summed E-state index contributed by atoms with van der Waals surface area (Å²) in [4.78, 5) is 14.6. The monoisotopic (exact) mass is 324 g/mol. The van der Waals surface area contributed by atoms with E-state index in [1.807, 2.05) is 29.2 Å². The Kier molecular flexibility index (Phi) is 5.35. The molecule has 0 unspecified atom stereocenters. The Morgan fingerprint density at radius 3 is 2.41 bits per heavy atom. The SMILES string of the molecule is COc1ccc(CN(C(=O)CC2(N)CCC2)C2CC2)cc1.Cl. The fourth-order valence-corrected chi connectivity index (χ4v) is 2.95. The first-order valence-electron chi connectivity index (χ1n) is 7.81. The maximum Gasteiger partial charge on any atom is 0.224 e. The van der Waals surface area contributed by atoms with Crippen LogP contribution in [0.25, 0.3) is 0 Å². The summed E-state index contributed by atoms with van der Waals surface area (Å²) >= 11 is 0. The van der Waals surface area contributed by atoms with Gasteiger partial charge in [0.25, 0.3) is 0 Å². The second kappa shape index (κ2) is 6.88. The molecule has 0 aromatic heterocycles. The molecule has 0 radical (unpaired) electrons. The van der Waals surface area contributed by atoms with Crippen LogP contribution in [-0.2, 0) is 11.3 Å². The maximum atomic E-state index is 12.6. The Labute approximate surface area is 138 Å². The van der Waals surface area contributed by atoms with Crippen LogP contribution in [0, 0.1) is 0 Å². The number of halogens is 1. The van der Waals surface area contributed by atoms with E-state index in [2.05, 4.69) is 0 Å². The molecule has 0 saturated heterocycles. The number of amides is 1. The van der Waals surface area contributed by atoms with Crippen molar-refractivity contribution in [3.8, 4) is 5.75 Å². The highest BCUT2D eigenvalue weighted by Crippen LogP contribution is 2.35. The van der Waals surface area contributed by atoms with Crippen molar-refractivity contribution >= 4 is 18.3 Å². The molecule has 122 valence electrons. The lowest BCUT2D eigenvalue weighted by Gasteiger charge is -2.39. The number of carbonyl (C=O) groups excluding carboxylic acids is 1. The Balaban J connectivity index is 0.00000176. The number of carbonyl (C=O) groups is 1. The molecular weight excluding hydrogens is 300 g/mol. The number of hydrogen-bond acceptors (Lipinski definition) is 3. The number of hydrogen-bond donors (Lipinski definition) is 1. The molecule has 2 saturated carbocycles. The van der Waals surface area contributed by atoms with E-state index in [-0.39, 0.29) is 23.9 Å². The molecule has 2 aliphatic carbocycles. The third-order valence-electron chi connectivity index (χ3n) is 4.67. The number of ether oxygens (including phenoxy) is 1. The Morgan fingerprint density at radius 1 is 1.32 bits per heavy atom. The maximum absolute atomic E-state index is 12.6. The summed E-state index contributed by atoms with van der Waals surface area (Å²) in [5.41, 5.74) is 7.15. The van der Waals surface area contributed by atoms with E-state index in [1.165, 1.54) is 0 Å². The second-order valence-electron chi connectivity index (χ2n) is 6.49. The highest BCUT2D eigenvalue weighted by molar-refractivity contribution is 5.85. The highest BCUT2D eigenvalue weighted by atomic mass is 35.5. The van der Waals surface area contributed by atoms with E-state index in [4.69, 9.17) is 10.5 Å². The van der Waals surface area contributed by atoms with Crippen molar-refractivity contribution in [2.24, 2.45) is 5.73 Å². The van der Waals surface area contributed by atoms with E-state index in [9.17, 15) is 4.79 Å². The average Bonchev–Trinajstić information content (AvgIpc) is 3.28. The van der Waals surface area contributed by atoms with Gasteiger partial charge in [0.05, 0.1) is 7.11 Å². The van der Waals surface area contributed by atoms with Gasteiger partial charge in [-0.15, -0.1) is 12.4 Å². The minimum Gasteiger partial charge on any atom is -0.497 e. The third-order valence-corrected chi connectivity index (χ3v) is 4.67. The number of rotatable bonds is 6. The van der Waals surface area contributed by atoms with Gasteiger partial charge in [0, 0.05) is 24.5 Å². The van der Waals surface area contributed by atoms with Crippen LogP contribution < -0.4 is 10.5 Å². The molecule has 0 spiro atoms. The zero-order chi connectivity index (χ0) is 14.9. The fourth-order valence-electron chi connectivity index (χ4n) is 2.95. The average molecular weight is 325 g/mol. The Morgan fingerprint density at radius 2 is 1.95 bits per heavy atom. The van der Waals surface area contributed by atoms with E-state index in [1.54, 1.807) is 7.11 Å². The summed E-state index contributed by atoms with van der Waals surface area (Å²) in [6, 6.07) is 8.37. The largest absolute Gasteiger partial charge is 0.497 e. The van der Waals surface area contributed by atoms with Gasteiger partial charge in [0.15, 0.2) is 0 Å². The van der Waals surface area contributed by atoms with Crippen molar-refractivity contribution < 1.29 is 9.53 Å². The molecule has 0 bridgehead atoms. The first-order chi connectivity index (χ1) is 10.1. The number of methoxy groups -OCH3 is 1. The predicted molar refractivity (Wildman–Crippen MR) is 89.2 cm³/mol. The molecule has 1 amide bonds. The zero-order valence-corrected chi connectivity index (χ0v) is 13.9. The summed E-state index contributed by atoms with van der Waals surface area (Å²) in [6.45, 7) is 0.684. The minimum atomic E-state index is -0.232. The lowest BCUT2D eigenvalue weighted by Crippen LogP contribution is -2.50. The van der Waals surface area contributed by atoms with Crippen LogP contribution >= 0.6 is 12.4 Å². The predicted octanol–water partition coefficient (Wildman–Crippen LogP) is 2.88. The minimum absolute atomic E-state index is 0. The molecule has 2 aliphatic rings. The molecule has 1 aromatic rings. The van der Waals surface area contributed by atoms with Crippen LogP contribution in [0.4, 0.5) is 0 Å².